The van der Waals surface area contributed by atoms with Crippen molar-refractivity contribution in [3.8, 4) is 0 Å². The first-order valence-electron chi connectivity index (χ1n) is 10.4. The zero-order valence-electron chi connectivity index (χ0n) is 17.3. The van der Waals surface area contributed by atoms with Crippen LogP contribution in [0.5, 0.6) is 0 Å². The van der Waals surface area contributed by atoms with Crippen molar-refractivity contribution in [1.29, 1.82) is 0 Å². The number of hydrogen-bond donors (Lipinski definition) is 1. The summed E-state index contributed by atoms with van der Waals surface area (Å²) in [6.07, 6.45) is 17.9. The molecule has 1 heteroatoms. The second kappa shape index (κ2) is 12.3. The van der Waals surface area contributed by atoms with E-state index in [-0.39, 0.29) is 0 Å². The molecule has 0 aliphatic heterocycles. The van der Waals surface area contributed by atoms with Gasteiger partial charge in [-0.25, -0.2) is 0 Å². The van der Waals surface area contributed by atoms with Crippen molar-refractivity contribution in [3.63, 3.8) is 0 Å². The fourth-order valence-corrected chi connectivity index (χ4v) is 3.76. The topological polar surface area (TPSA) is 26.0 Å². The molecule has 0 aliphatic carbocycles. The highest BCUT2D eigenvalue weighted by Crippen LogP contribution is 2.32. The molecule has 0 bridgehead atoms. The summed E-state index contributed by atoms with van der Waals surface area (Å²) in [5.41, 5.74) is 7.13. The van der Waals surface area contributed by atoms with Crippen LogP contribution in [0.4, 0.5) is 0 Å². The first-order valence-corrected chi connectivity index (χ1v) is 10.4. The first-order chi connectivity index (χ1) is 10.7. The predicted molar refractivity (Wildman–Crippen MR) is 107 cm³/mol. The van der Waals surface area contributed by atoms with Gasteiger partial charge in [0.1, 0.15) is 0 Å². The van der Waals surface area contributed by atoms with Crippen LogP contribution < -0.4 is 5.73 Å². The summed E-state index contributed by atoms with van der Waals surface area (Å²) >= 11 is 0. The third kappa shape index (κ3) is 16.6. The van der Waals surface area contributed by atoms with E-state index < -0.39 is 0 Å². The van der Waals surface area contributed by atoms with Crippen molar-refractivity contribution < 1.29 is 0 Å². The standard InChI is InChI=1S/C22H47N/c1-7-8-9-10-11-12-13-14-15-16-17-22(5,6)19-20(23)18-21(2,3)4/h20H,7-19,23H2,1-6H3. The minimum atomic E-state index is 0.354. The van der Waals surface area contributed by atoms with Gasteiger partial charge < -0.3 is 5.73 Å². The smallest absolute Gasteiger partial charge is 0.00488 e. The fraction of sp³-hybridized carbons (Fsp3) is 1.00. The third-order valence-electron chi connectivity index (χ3n) is 4.90. The summed E-state index contributed by atoms with van der Waals surface area (Å²) in [5, 5.41) is 0. The van der Waals surface area contributed by atoms with Crippen LogP contribution in [0.15, 0.2) is 0 Å². The van der Waals surface area contributed by atoms with Gasteiger partial charge in [0.15, 0.2) is 0 Å². The minimum Gasteiger partial charge on any atom is -0.328 e. The highest BCUT2D eigenvalue weighted by molar-refractivity contribution is 4.79. The molecule has 1 nitrogen and oxygen atoms in total. The van der Waals surface area contributed by atoms with Gasteiger partial charge in [-0.15, -0.1) is 0 Å². The fourth-order valence-electron chi connectivity index (χ4n) is 3.76. The quantitative estimate of drug-likeness (QED) is 0.329. The summed E-state index contributed by atoms with van der Waals surface area (Å²) in [6.45, 7) is 14.0. The Morgan fingerprint density at radius 2 is 1.09 bits per heavy atom. The van der Waals surface area contributed by atoms with Gasteiger partial charge >= 0.3 is 0 Å². The lowest BCUT2D eigenvalue weighted by atomic mass is 9.77. The lowest BCUT2D eigenvalue weighted by Crippen LogP contribution is -2.31. The van der Waals surface area contributed by atoms with Gasteiger partial charge in [0.25, 0.3) is 0 Å². The lowest BCUT2D eigenvalue weighted by molar-refractivity contribution is 0.234. The van der Waals surface area contributed by atoms with Crippen LogP contribution >= 0.6 is 0 Å². The van der Waals surface area contributed by atoms with Gasteiger partial charge in [0.2, 0.25) is 0 Å². The molecule has 0 radical (unpaired) electrons. The van der Waals surface area contributed by atoms with Crippen molar-refractivity contribution in [2.75, 3.05) is 0 Å². The van der Waals surface area contributed by atoms with E-state index in [1.165, 1.54) is 77.0 Å². The molecule has 0 aromatic carbocycles. The van der Waals surface area contributed by atoms with E-state index >= 15 is 0 Å². The van der Waals surface area contributed by atoms with Gasteiger partial charge in [0, 0.05) is 6.04 Å². The first kappa shape index (κ1) is 23.0. The molecule has 1 unspecified atom stereocenters. The van der Waals surface area contributed by atoms with Crippen molar-refractivity contribution in [3.05, 3.63) is 0 Å². The highest BCUT2D eigenvalue weighted by atomic mass is 14.6. The average Bonchev–Trinajstić information content (AvgIpc) is 2.37. The molecule has 2 N–H and O–H groups in total. The molecule has 0 fully saturated rings. The van der Waals surface area contributed by atoms with Gasteiger partial charge in [-0.05, 0) is 30.1 Å². The van der Waals surface area contributed by atoms with Crippen LogP contribution in [-0.4, -0.2) is 6.04 Å². The SMILES string of the molecule is CCCCCCCCCCCCC(C)(C)CC(N)CC(C)(C)C. The van der Waals surface area contributed by atoms with E-state index in [1.54, 1.807) is 0 Å². The van der Waals surface area contributed by atoms with Gasteiger partial charge in [-0.3, -0.25) is 0 Å². The number of rotatable bonds is 14. The Kier molecular flexibility index (Phi) is 12.3. The summed E-state index contributed by atoms with van der Waals surface area (Å²) in [6, 6.07) is 0.355. The zero-order valence-corrected chi connectivity index (χ0v) is 17.3. The Morgan fingerprint density at radius 3 is 1.52 bits per heavy atom. The monoisotopic (exact) mass is 325 g/mol. The van der Waals surface area contributed by atoms with Gasteiger partial charge in [-0.2, -0.15) is 0 Å². The third-order valence-corrected chi connectivity index (χ3v) is 4.90. The van der Waals surface area contributed by atoms with E-state index in [1.807, 2.05) is 0 Å². The number of hydrogen-bond acceptors (Lipinski definition) is 1. The van der Waals surface area contributed by atoms with Gasteiger partial charge in [-0.1, -0.05) is 106 Å². The Labute approximate surface area is 148 Å². The highest BCUT2D eigenvalue weighted by Gasteiger charge is 2.24. The lowest BCUT2D eigenvalue weighted by Gasteiger charge is -2.31. The minimum absolute atomic E-state index is 0.354. The molecule has 1 atom stereocenters. The van der Waals surface area contributed by atoms with E-state index in [2.05, 4.69) is 41.5 Å². The number of nitrogens with two attached hydrogens (primary N) is 1. The average molecular weight is 326 g/mol. The molecule has 0 rings (SSSR count). The molecule has 0 aromatic rings. The summed E-state index contributed by atoms with van der Waals surface area (Å²) in [7, 11) is 0. The summed E-state index contributed by atoms with van der Waals surface area (Å²) in [4.78, 5) is 0. The Hall–Kier alpha value is -0.0400. The zero-order chi connectivity index (χ0) is 17.8. The molecule has 0 heterocycles. The maximum Gasteiger partial charge on any atom is 0.00488 e. The number of unbranched alkanes of at least 4 members (excludes halogenated alkanes) is 9. The second-order valence-corrected chi connectivity index (χ2v) is 9.83. The van der Waals surface area contributed by atoms with E-state index in [0.717, 1.165) is 6.42 Å². The van der Waals surface area contributed by atoms with Crippen LogP contribution in [0.1, 0.15) is 125 Å². The normalized spacial score (nSPS) is 14.2. The maximum absolute atomic E-state index is 6.37. The molecule has 0 amide bonds. The molecule has 0 aliphatic rings. The summed E-state index contributed by atoms with van der Waals surface area (Å²) < 4.78 is 0. The molecule has 0 saturated carbocycles. The second-order valence-electron chi connectivity index (χ2n) is 9.83. The van der Waals surface area contributed by atoms with Crippen LogP contribution in [0.2, 0.25) is 0 Å². The van der Waals surface area contributed by atoms with Crippen molar-refractivity contribution in [1.82, 2.24) is 0 Å². The molecule has 0 saturated heterocycles. The predicted octanol–water partition coefficient (Wildman–Crippen LogP) is 7.48. The van der Waals surface area contributed by atoms with Gasteiger partial charge in [0.05, 0.1) is 0 Å². The molecular formula is C22H47N. The van der Waals surface area contributed by atoms with E-state index in [0.29, 0.717) is 16.9 Å². The van der Waals surface area contributed by atoms with Crippen molar-refractivity contribution >= 4 is 0 Å². The molecule has 140 valence electrons. The molecule has 0 aromatic heterocycles. The Bertz CT molecular complexity index is 262. The van der Waals surface area contributed by atoms with E-state index in [4.69, 9.17) is 5.73 Å². The molecule has 0 spiro atoms. The van der Waals surface area contributed by atoms with Crippen molar-refractivity contribution in [2.45, 2.75) is 131 Å². The Balaban J connectivity index is 3.59. The Morgan fingerprint density at radius 1 is 0.652 bits per heavy atom. The van der Waals surface area contributed by atoms with Crippen LogP contribution in [0, 0.1) is 10.8 Å². The van der Waals surface area contributed by atoms with E-state index in [9.17, 15) is 0 Å². The van der Waals surface area contributed by atoms with Crippen LogP contribution in [0.3, 0.4) is 0 Å². The largest absolute Gasteiger partial charge is 0.328 e. The maximum atomic E-state index is 6.37. The van der Waals surface area contributed by atoms with Crippen LogP contribution in [-0.2, 0) is 0 Å². The van der Waals surface area contributed by atoms with Crippen LogP contribution in [0.25, 0.3) is 0 Å². The van der Waals surface area contributed by atoms with Crippen molar-refractivity contribution in [2.24, 2.45) is 16.6 Å². The molecule has 23 heavy (non-hydrogen) atoms. The summed E-state index contributed by atoms with van der Waals surface area (Å²) in [5.74, 6) is 0. The molecular weight excluding hydrogens is 278 g/mol.